The first-order valence-corrected chi connectivity index (χ1v) is 5.92. The first-order valence-electron chi connectivity index (χ1n) is 5.04. The number of thiophene rings is 1. The third-order valence-corrected chi connectivity index (χ3v) is 3.43. The smallest absolute Gasteiger partial charge is 0.00891 e. The molecule has 15 heavy (non-hydrogen) atoms. The molecular formula is C14H14S. The summed E-state index contributed by atoms with van der Waals surface area (Å²) in [6, 6.07) is 10.8. The van der Waals surface area contributed by atoms with Crippen LogP contribution < -0.4 is 0 Å². The third kappa shape index (κ3) is 2.37. The second-order valence-electron chi connectivity index (χ2n) is 3.65. The zero-order chi connectivity index (χ0) is 10.7. The summed E-state index contributed by atoms with van der Waals surface area (Å²) in [5, 5.41) is 2.13. The average Bonchev–Trinajstić information content (AvgIpc) is 2.74. The Morgan fingerprint density at radius 1 is 1.33 bits per heavy atom. The highest BCUT2D eigenvalue weighted by Gasteiger charge is 2.01. The lowest BCUT2D eigenvalue weighted by Gasteiger charge is -2.05. The van der Waals surface area contributed by atoms with Crippen molar-refractivity contribution >= 4 is 17.4 Å². The predicted molar refractivity (Wildman–Crippen MR) is 68.4 cm³/mol. The quantitative estimate of drug-likeness (QED) is 0.715. The van der Waals surface area contributed by atoms with Gasteiger partial charge in [-0.05, 0) is 35.1 Å². The van der Waals surface area contributed by atoms with E-state index in [0.29, 0.717) is 0 Å². The maximum atomic E-state index is 3.80. The van der Waals surface area contributed by atoms with Gasteiger partial charge < -0.3 is 0 Å². The van der Waals surface area contributed by atoms with Crippen LogP contribution in [0.25, 0.3) is 6.08 Å². The minimum Gasteiger partial charge on any atom is -0.149 e. The van der Waals surface area contributed by atoms with E-state index >= 15 is 0 Å². The molecule has 0 aliphatic carbocycles. The van der Waals surface area contributed by atoms with Gasteiger partial charge in [-0.1, -0.05) is 36.9 Å². The molecular weight excluding hydrogens is 200 g/mol. The molecule has 0 saturated carbocycles. The number of hydrogen-bond acceptors (Lipinski definition) is 1. The van der Waals surface area contributed by atoms with Crippen LogP contribution in [-0.2, 0) is 6.42 Å². The van der Waals surface area contributed by atoms with Crippen LogP contribution >= 0.6 is 11.3 Å². The Hall–Kier alpha value is -1.34. The van der Waals surface area contributed by atoms with Crippen molar-refractivity contribution in [2.45, 2.75) is 13.3 Å². The van der Waals surface area contributed by atoms with Crippen molar-refractivity contribution in [3.05, 3.63) is 63.9 Å². The van der Waals surface area contributed by atoms with E-state index in [2.05, 4.69) is 49.2 Å². The van der Waals surface area contributed by atoms with Crippen molar-refractivity contribution in [1.29, 1.82) is 0 Å². The first-order chi connectivity index (χ1) is 7.29. The molecule has 2 aromatic rings. The van der Waals surface area contributed by atoms with Crippen molar-refractivity contribution in [3.63, 3.8) is 0 Å². The standard InChI is InChI=1S/C14H14S/c1-3-12-7-6-11(2)13(9-12)10-14-5-4-8-15-14/h3-9H,1,10H2,2H3. The van der Waals surface area contributed by atoms with Crippen LogP contribution in [0.15, 0.2) is 42.3 Å². The third-order valence-electron chi connectivity index (χ3n) is 2.55. The second-order valence-corrected chi connectivity index (χ2v) is 4.68. The molecule has 0 bridgehead atoms. The van der Waals surface area contributed by atoms with Crippen molar-refractivity contribution in [2.24, 2.45) is 0 Å². The molecule has 0 atom stereocenters. The summed E-state index contributed by atoms with van der Waals surface area (Å²) in [5.74, 6) is 0. The fourth-order valence-electron chi connectivity index (χ4n) is 1.61. The Kier molecular flexibility index (Phi) is 3.02. The summed E-state index contributed by atoms with van der Waals surface area (Å²) in [4.78, 5) is 1.42. The monoisotopic (exact) mass is 214 g/mol. The Balaban J connectivity index is 2.31. The van der Waals surface area contributed by atoms with E-state index in [9.17, 15) is 0 Å². The molecule has 0 unspecified atom stereocenters. The van der Waals surface area contributed by atoms with Crippen LogP contribution in [0, 0.1) is 6.92 Å². The van der Waals surface area contributed by atoms with Crippen LogP contribution in [0.1, 0.15) is 21.6 Å². The summed E-state index contributed by atoms with van der Waals surface area (Å²) in [6.45, 7) is 5.96. The van der Waals surface area contributed by atoms with Gasteiger partial charge in [0.2, 0.25) is 0 Å². The largest absolute Gasteiger partial charge is 0.149 e. The van der Waals surface area contributed by atoms with Gasteiger partial charge in [0, 0.05) is 11.3 Å². The molecule has 0 N–H and O–H groups in total. The van der Waals surface area contributed by atoms with Gasteiger partial charge in [-0.3, -0.25) is 0 Å². The molecule has 1 aromatic carbocycles. The van der Waals surface area contributed by atoms with Crippen LogP contribution in [0.5, 0.6) is 0 Å². The van der Waals surface area contributed by atoms with Gasteiger partial charge in [0.1, 0.15) is 0 Å². The van der Waals surface area contributed by atoms with E-state index in [1.807, 2.05) is 17.4 Å². The van der Waals surface area contributed by atoms with E-state index in [-0.39, 0.29) is 0 Å². The highest BCUT2D eigenvalue weighted by molar-refractivity contribution is 7.09. The number of rotatable bonds is 3. The highest BCUT2D eigenvalue weighted by Crippen LogP contribution is 2.19. The van der Waals surface area contributed by atoms with Gasteiger partial charge in [0.25, 0.3) is 0 Å². The Morgan fingerprint density at radius 2 is 2.20 bits per heavy atom. The van der Waals surface area contributed by atoms with Gasteiger partial charge in [-0.2, -0.15) is 0 Å². The van der Waals surface area contributed by atoms with Crippen LogP contribution in [0.4, 0.5) is 0 Å². The van der Waals surface area contributed by atoms with Crippen molar-refractivity contribution in [1.82, 2.24) is 0 Å². The zero-order valence-electron chi connectivity index (χ0n) is 8.86. The van der Waals surface area contributed by atoms with Gasteiger partial charge >= 0.3 is 0 Å². The molecule has 2 rings (SSSR count). The average molecular weight is 214 g/mol. The molecule has 0 aliphatic heterocycles. The molecule has 0 amide bonds. The van der Waals surface area contributed by atoms with Gasteiger partial charge in [-0.15, -0.1) is 11.3 Å². The predicted octanol–water partition coefficient (Wildman–Crippen LogP) is 4.29. The van der Waals surface area contributed by atoms with Crippen LogP contribution in [-0.4, -0.2) is 0 Å². The SMILES string of the molecule is C=Cc1ccc(C)c(Cc2cccs2)c1. The molecule has 0 spiro atoms. The van der Waals surface area contributed by atoms with E-state index in [0.717, 1.165) is 6.42 Å². The molecule has 1 heterocycles. The normalized spacial score (nSPS) is 10.2. The van der Waals surface area contributed by atoms with E-state index in [1.165, 1.54) is 21.6 Å². The summed E-state index contributed by atoms with van der Waals surface area (Å²) in [5.41, 5.74) is 3.95. The molecule has 0 saturated heterocycles. The van der Waals surface area contributed by atoms with Crippen molar-refractivity contribution in [3.8, 4) is 0 Å². The van der Waals surface area contributed by atoms with E-state index in [4.69, 9.17) is 0 Å². The fraction of sp³-hybridized carbons (Fsp3) is 0.143. The lowest BCUT2D eigenvalue weighted by atomic mass is 10.0. The van der Waals surface area contributed by atoms with Gasteiger partial charge in [0.05, 0.1) is 0 Å². The summed E-state index contributed by atoms with van der Waals surface area (Å²) in [7, 11) is 0. The maximum Gasteiger partial charge on any atom is 0.00891 e. The fourth-order valence-corrected chi connectivity index (χ4v) is 2.34. The lowest BCUT2D eigenvalue weighted by molar-refractivity contribution is 1.19. The van der Waals surface area contributed by atoms with E-state index < -0.39 is 0 Å². The molecule has 0 aliphatic rings. The van der Waals surface area contributed by atoms with Crippen LogP contribution in [0.3, 0.4) is 0 Å². The summed E-state index contributed by atoms with van der Waals surface area (Å²) in [6.07, 6.45) is 2.93. The maximum absolute atomic E-state index is 3.80. The molecule has 0 fully saturated rings. The lowest BCUT2D eigenvalue weighted by Crippen LogP contribution is -1.90. The van der Waals surface area contributed by atoms with Crippen molar-refractivity contribution < 1.29 is 0 Å². The molecule has 0 radical (unpaired) electrons. The Labute approximate surface area is 94.9 Å². The van der Waals surface area contributed by atoms with Gasteiger partial charge in [0.15, 0.2) is 0 Å². The Bertz CT molecular complexity index is 452. The Morgan fingerprint density at radius 3 is 2.87 bits per heavy atom. The summed E-state index contributed by atoms with van der Waals surface area (Å²) < 4.78 is 0. The second kappa shape index (κ2) is 4.45. The van der Waals surface area contributed by atoms with Crippen LogP contribution in [0.2, 0.25) is 0 Å². The summed E-state index contributed by atoms with van der Waals surface area (Å²) >= 11 is 1.81. The topological polar surface area (TPSA) is 0 Å². The number of aryl methyl sites for hydroxylation is 1. The molecule has 76 valence electrons. The minimum absolute atomic E-state index is 1.03. The molecule has 1 aromatic heterocycles. The molecule has 1 heteroatoms. The van der Waals surface area contributed by atoms with Crippen molar-refractivity contribution in [2.75, 3.05) is 0 Å². The molecule has 0 nitrogen and oxygen atoms in total. The number of hydrogen-bond donors (Lipinski definition) is 0. The first kappa shape index (κ1) is 10.2. The van der Waals surface area contributed by atoms with Gasteiger partial charge in [-0.25, -0.2) is 0 Å². The minimum atomic E-state index is 1.03. The number of benzene rings is 1. The van der Waals surface area contributed by atoms with E-state index in [1.54, 1.807) is 0 Å². The highest BCUT2D eigenvalue weighted by atomic mass is 32.1. The zero-order valence-corrected chi connectivity index (χ0v) is 9.68.